The highest BCUT2D eigenvalue weighted by molar-refractivity contribution is 6.32. The van der Waals surface area contributed by atoms with E-state index in [1.165, 1.54) is 0 Å². The zero-order valence-corrected chi connectivity index (χ0v) is 24.9. The molecule has 2 saturated heterocycles. The number of aliphatic hydroxyl groups excluding tert-OH is 1. The number of fused-ring (bicyclic) bond motifs is 1. The predicted octanol–water partition coefficient (Wildman–Crippen LogP) is 5.07. The van der Waals surface area contributed by atoms with Gasteiger partial charge in [-0.25, -0.2) is 0 Å². The third-order valence-electron chi connectivity index (χ3n) is 7.36. The number of benzene rings is 3. The van der Waals surface area contributed by atoms with Crippen molar-refractivity contribution in [1.82, 2.24) is 0 Å². The molecule has 2 heterocycles. The standard InChI is InChI=1S/C32H40O6Si/c1-29(2,3)39-38-32(24-17-11-7-12-18-24,25-19-13-8-14-20-25)31(22-33)27(34-21-23-15-9-6-10-16-23)26-28(37-31)36-30(4,5)35-26/h6-20,26-28,33H,21-22,39H2,1-5H3. The molecule has 0 radical (unpaired) electrons. The SMILES string of the molecule is CC1(C)OC2OC(CO)(C(O[SiH2]C(C)(C)C)(c3ccccc3)c3ccccc3)C(OCc3ccccc3)C2O1. The third kappa shape index (κ3) is 5.37. The van der Waals surface area contributed by atoms with Crippen molar-refractivity contribution in [3.05, 3.63) is 108 Å². The van der Waals surface area contributed by atoms with Gasteiger partial charge < -0.3 is 28.5 Å². The second kappa shape index (κ2) is 10.9. The first-order chi connectivity index (χ1) is 18.6. The van der Waals surface area contributed by atoms with Crippen molar-refractivity contribution in [3.8, 4) is 0 Å². The zero-order valence-electron chi connectivity index (χ0n) is 23.5. The molecule has 2 fully saturated rings. The summed E-state index contributed by atoms with van der Waals surface area (Å²) in [6, 6.07) is 30.1. The largest absolute Gasteiger partial charge is 0.407 e. The van der Waals surface area contributed by atoms with Crippen molar-refractivity contribution in [3.63, 3.8) is 0 Å². The fourth-order valence-electron chi connectivity index (χ4n) is 5.72. The van der Waals surface area contributed by atoms with Crippen LogP contribution in [0.25, 0.3) is 0 Å². The molecule has 0 saturated carbocycles. The molecule has 4 unspecified atom stereocenters. The van der Waals surface area contributed by atoms with Crippen LogP contribution in [0.1, 0.15) is 51.3 Å². The Hall–Kier alpha value is -2.36. The zero-order chi connectivity index (χ0) is 27.7. The number of ether oxygens (including phenoxy) is 4. The third-order valence-corrected chi connectivity index (χ3v) is 8.80. The maximum absolute atomic E-state index is 11.5. The highest BCUT2D eigenvalue weighted by Gasteiger charge is 2.71. The lowest BCUT2D eigenvalue weighted by Gasteiger charge is -2.51. The van der Waals surface area contributed by atoms with Crippen LogP contribution in [-0.4, -0.2) is 51.4 Å². The van der Waals surface area contributed by atoms with Crippen LogP contribution in [0.15, 0.2) is 91.0 Å². The molecule has 5 rings (SSSR count). The van der Waals surface area contributed by atoms with Gasteiger partial charge in [0.25, 0.3) is 0 Å². The molecule has 3 aromatic carbocycles. The van der Waals surface area contributed by atoms with E-state index in [4.69, 9.17) is 23.4 Å². The molecule has 2 aliphatic rings. The van der Waals surface area contributed by atoms with Crippen LogP contribution in [0.5, 0.6) is 0 Å². The number of rotatable bonds is 9. The van der Waals surface area contributed by atoms with Crippen LogP contribution in [0, 0.1) is 0 Å². The first-order valence-electron chi connectivity index (χ1n) is 13.7. The summed E-state index contributed by atoms with van der Waals surface area (Å²) >= 11 is 0. The Morgan fingerprint density at radius 2 is 1.33 bits per heavy atom. The predicted molar refractivity (Wildman–Crippen MR) is 153 cm³/mol. The topological polar surface area (TPSA) is 66.4 Å². The summed E-state index contributed by atoms with van der Waals surface area (Å²) in [6.45, 7) is 10.3. The Balaban J connectivity index is 1.71. The van der Waals surface area contributed by atoms with E-state index in [2.05, 4.69) is 20.8 Å². The average molecular weight is 549 g/mol. The Bertz CT molecular complexity index is 1170. The lowest BCUT2D eigenvalue weighted by Crippen LogP contribution is -2.65. The van der Waals surface area contributed by atoms with Crippen molar-refractivity contribution in [1.29, 1.82) is 0 Å². The second-order valence-corrected chi connectivity index (χ2v) is 14.8. The van der Waals surface area contributed by atoms with Crippen LogP contribution in [0.3, 0.4) is 0 Å². The summed E-state index contributed by atoms with van der Waals surface area (Å²) in [6.07, 6.45) is -2.01. The molecule has 39 heavy (non-hydrogen) atoms. The maximum Gasteiger partial charge on any atom is 0.190 e. The van der Waals surface area contributed by atoms with E-state index in [0.29, 0.717) is 6.61 Å². The van der Waals surface area contributed by atoms with Crippen molar-refractivity contribution >= 4 is 9.76 Å². The summed E-state index contributed by atoms with van der Waals surface area (Å²) in [5, 5.41) is 11.4. The van der Waals surface area contributed by atoms with Gasteiger partial charge in [0.2, 0.25) is 0 Å². The Kier molecular flexibility index (Phi) is 7.87. The Morgan fingerprint density at radius 3 is 1.85 bits per heavy atom. The molecule has 6 nitrogen and oxygen atoms in total. The molecule has 4 atom stereocenters. The Morgan fingerprint density at radius 1 is 0.795 bits per heavy atom. The van der Waals surface area contributed by atoms with Gasteiger partial charge >= 0.3 is 0 Å². The first kappa shape index (κ1) is 28.2. The molecule has 208 valence electrons. The maximum atomic E-state index is 11.5. The minimum Gasteiger partial charge on any atom is -0.407 e. The van der Waals surface area contributed by atoms with Gasteiger partial charge in [-0.1, -0.05) is 112 Å². The monoisotopic (exact) mass is 548 g/mol. The second-order valence-electron chi connectivity index (χ2n) is 12.1. The molecule has 7 heteroatoms. The fourth-order valence-corrected chi connectivity index (χ4v) is 6.95. The minimum atomic E-state index is -1.37. The molecule has 0 aromatic heterocycles. The van der Waals surface area contributed by atoms with Gasteiger partial charge in [0.15, 0.2) is 27.4 Å². The molecule has 0 spiro atoms. The summed E-state index contributed by atoms with van der Waals surface area (Å²) in [7, 11) is -1.18. The van der Waals surface area contributed by atoms with Crippen molar-refractivity contribution in [2.75, 3.05) is 6.61 Å². The van der Waals surface area contributed by atoms with Crippen LogP contribution < -0.4 is 0 Å². The van der Waals surface area contributed by atoms with Gasteiger partial charge in [-0.3, -0.25) is 0 Å². The lowest BCUT2D eigenvalue weighted by molar-refractivity contribution is -0.285. The van der Waals surface area contributed by atoms with Crippen LogP contribution in [-0.2, 0) is 35.6 Å². The van der Waals surface area contributed by atoms with E-state index < -0.39 is 45.3 Å². The fraction of sp³-hybridized carbons (Fsp3) is 0.438. The van der Waals surface area contributed by atoms with Gasteiger partial charge in [-0.2, -0.15) is 0 Å². The van der Waals surface area contributed by atoms with Gasteiger partial charge in [-0.05, 0) is 35.6 Å². The summed E-state index contributed by atoms with van der Waals surface area (Å²) in [4.78, 5) is 0. The van der Waals surface area contributed by atoms with Gasteiger partial charge in [-0.15, -0.1) is 0 Å². The first-order valence-corrected chi connectivity index (χ1v) is 14.9. The van der Waals surface area contributed by atoms with E-state index in [-0.39, 0.29) is 11.6 Å². The molecular formula is C32H40O6Si. The van der Waals surface area contributed by atoms with Crippen LogP contribution >= 0.6 is 0 Å². The molecule has 2 aliphatic heterocycles. The highest BCUT2D eigenvalue weighted by Crippen LogP contribution is 2.55. The molecule has 3 aromatic rings. The van der Waals surface area contributed by atoms with Gasteiger partial charge in [0.1, 0.15) is 17.8 Å². The summed E-state index contributed by atoms with van der Waals surface area (Å²) in [5.74, 6) is -0.853. The minimum absolute atomic E-state index is 0.0324. The quantitative estimate of drug-likeness (QED) is 0.377. The van der Waals surface area contributed by atoms with Crippen molar-refractivity contribution in [2.24, 2.45) is 0 Å². The molecule has 1 N–H and O–H groups in total. The average Bonchev–Trinajstić information content (AvgIpc) is 3.38. The number of aliphatic hydroxyl groups is 1. The molecule has 0 bridgehead atoms. The van der Waals surface area contributed by atoms with E-state index >= 15 is 0 Å². The smallest absolute Gasteiger partial charge is 0.190 e. The van der Waals surface area contributed by atoms with Crippen molar-refractivity contribution < 1.29 is 28.5 Å². The van der Waals surface area contributed by atoms with Crippen molar-refractivity contribution in [2.45, 2.75) is 81.8 Å². The van der Waals surface area contributed by atoms with E-state index in [1.807, 2.05) is 105 Å². The molecular weight excluding hydrogens is 508 g/mol. The number of hydrogen-bond acceptors (Lipinski definition) is 6. The van der Waals surface area contributed by atoms with Crippen LogP contribution in [0.4, 0.5) is 0 Å². The van der Waals surface area contributed by atoms with E-state index in [0.717, 1.165) is 16.7 Å². The normalized spacial score (nSPS) is 26.8. The lowest BCUT2D eigenvalue weighted by atomic mass is 9.70. The Labute approximate surface area is 234 Å². The molecule has 0 amide bonds. The summed E-state index contributed by atoms with van der Waals surface area (Å²) < 4.78 is 33.5. The van der Waals surface area contributed by atoms with Crippen LogP contribution in [0.2, 0.25) is 5.04 Å². The van der Waals surface area contributed by atoms with E-state index in [9.17, 15) is 5.11 Å². The number of hydrogen-bond donors (Lipinski definition) is 1. The summed E-state index contributed by atoms with van der Waals surface area (Å²) in [5.41, 5.74) is 0.228. The van der Waals surface area contributed by atoms with Gasteiger partial charge in [0, 0.05) is 0 Å². The van der Waals surface area contributed by atoms with E-state index in [1.54, 1.807) is 0 Å². The molecule has 0 aliphatic carbocycles. The van der Waals surface area contributed by atoms with Gasteiger partial charge in [0.05, 0.1) is 13.2 Å². The highest BCUT2D eigenvalue weighted by atomic mass is 28.2.